The molecule has 4 nitrogen and oxygen atoms in total. The van der Waals surface area contributed by atoms with Crippen molar-refractivity contribution < 1.29 is 0 Å². The van der Waals surface area contributed by atoms with Gasteiger partial charge >= 0.3 is 0 Å². The van der Waals surface area contributed by atoms with E-state index < -0.39 is 0 Å². The molecule has 0 spiro atoms. The van der Waals surface area contributed by atoms with E-state index in [4.69, 9.17) is 11.6 Å². The van der Waals surface area contributed by atoms with Crippen LogP contribution in [0.2, 0.25) is 5.02 Å². The van der Waals surface area contributed by atoms with Gasteiger partial charge in [-0.2, -0.15) is 5.10 Å². The number of nitrogens with one attached hydrogen (secondary N) is 2. The van der Waals surface area contributed by atoms with E-state index in [0.717, 1.165) is 35.0 Å². The summed E-state index contributed by atoms with van der Waals surface area (Å²) in [5.74, 6) is 0. The molecule has 23 heavy (non-hydrogen) atoms. The lowest BCUT2D eigenvalue weighted by Crippen LogP contribution is -2.24. The van der Waals surface area contributed by atoms with Crippen LogP contribution in [0.1, 0.15) is 35.0 Å². The second-order valence-electron chi connectivity index (χ2n) is 5.77. The Hall–Kier alpha value is -1.69. The molecule has 0 bridgehead atoms. The molecule has 1 atom stereocenters. The maximum Gasteiger partial charge on any atom is 0.123 e. The summed E-state index contributed by atoms with van der Waals surface area (Å²) in [4.78, 5) is 5.77. The van der Waals surface area contributed by atoms with Gasteiger partial charge in [-0.3, -0.25) is 5.10 Å². The predicted octanol–water partition coefficient (Wildman–Crippen LogP) is 4.35. The first kappa shape index (κ1) is 14.9. The summed E-state index contributed by atoms with van der Waals surface area (Å²) in [5.41, 5.74) is 3.71. The minimum Gasteiger partial charge on any atom is -0.304 e. The van der Waals surface area contributed by atoms with E-state index in [9.17, 15) is 0 Å². The maximum atomic E-state index is 5.94. The number of aromatic nitrogens is 3. The van der Waals surface area contributed by atoms with Gasteiger partial charge in [-0.25, -0.2) is 4.98 Å². The molecule has 3 aromatic rings. The Bertz CT molecular complexity index is 793. The number of H-pyrrole nitrogens is 1. The summed E-state index contributed by atoms with van der Waals surface area (Å²) in [6.45, 7) is 0.828. The first-order valence-corrected chi connectivity index (χ1v) is 8.95. The number of hydrogen-bond acceptors (Lipinski definition) is 4. The van der Waals surface area contributed by atoms with Crippen LogP contribution in [0.25, 0.3) is 10.6 Å². The van der Waals surface area contributed by atoms with Gasteiger partial charge in [0.25, 0.3) is 0 Å². The van der Waals surface area contributed by atoms with Crippen LogP contribution in [0.4, 0.5) is 0 Å². The Labute approximate surface area is 143 Å². The Balaban J connectivity index is 1.44. The summed E-state index contributed by atoms with van der Waals surface area (Å²) in [6.07, 6.45) is 7.40. The maximum absolute atomic E-state index is 5.94. The molecule has 2 aromatic heterocycles. The molecule has 2 N–H and O–H groups in total. The first-order chi connectivity index (χ1) is 11.3. The molecule has 0 saturated carbocycles. The van der Waals surface area contributed by atoms with Gasteiger partial charge < -0.3 is 5.32 Å². The second-order valence-corrected chi connectivity index (χ2v) is 7.32. The van der Waals surface area contributed by atoms with Gasteiger partial charge in [0, 0.05) is 34.2 Å². The van der Waals surface area contributed by atoms with Crippen LogP contribution < -0.4 is 5.32 Å². The summed E-state index contributed by atoms with van der Waals surface area (Å²) < 4.78 is 0. The number of nitrogens with zero attached hydrogens (tertiary/aromatic N) is 2. The molecule has 118 valence electrons. The molecule has 1 aromatic carbocycles. The van der Waals surface area contributed by atoms with E-state index in [1.807, 2.05) is 36.7 Å². The van der Waals surface area contributed by atoms with E-state index in [-0.39, 0.29) is 0 Å². The highest BCUT2D eigenvalue weighted by atomic mass is 35.5. The minimum absolute atomic E-state index is 0.363. The zero-order chi connectivity index (χ0) is 15.6. The average molecular weight is 345 g/mol. The molecule has 6 heteroatoms. The zero-order valence-corrected chi connectivity index (χ0v) is 14.1. The largest absolute Gasteiger partial charge is 0.304 e. The third-order valence-corrected chi connectivity index (χ3v) is 5.50. The van der Waals surface area contributed by atoms with E-state index in [1.54, 1.807) is 11.3 Å². The third-order valence-electron chi connectivity index (χ3n) is 4.21. The SMILES string of the molecule is Clc1ccc(-c2ncc(CNC3CCCc4cn[nH]c43)s2)cc1. The Morgan fingerprint density at radius 3 is 3.00 bits per heavy atom. The van der Waals surface area contributed by atoms with Crippen LogP contribution in [-0.2, 0) is 13.0 Å². The van der Waals surface area contributed by atoms with Gasteiger partial charge in [0.2, 0.25) is 0 Å². The number of fused-ring (bicyclic) bond motifs is 1. The van der Waals surface area contributed by atoms with Crippen LogP contribution in [-0.4, -0.2) is 15.2 Å². The van der Waals surface area contributed by atoms with Gasteiger partial charge in [0.05, 0.1) is 11.9 Å². The zero-order valence-electron chi connectivity index (χ0n) is 12.6. The number of thiazole rings is 1. The topological polar surface area (TPSA) is 53.6 Å². The van der Waals surface area contributed by atoms with Crippen LogP contribution >= 0.6 is 22.9 Å². The molecule has 1 aliphatic rings. The van der Waals surface area contributed by atoms with Crippen molar-refractivity contribution in [2.75, 3.05) is 0 Å². The fraction of sp³-hybridized carbons (Fsp3) is 0.294. The van der Waals surface area contributed by atoms with Crippen molar-refractivity contribution >= 4 is 22.9 Å². The van der Waals surface area contributed by atoms with E-state index in [1.165, 1.54) is 22.6 Å². The molecule has 4 rings (SSSR count). The second kappa shape index (κ2) is 6.43. The highest BCUT2D eigenvalue weighted by Crippen LogP contribution is 2.29. The Kier molecular flexibility index (Phi) is 4.16. The van der Waals surface area contributed by atoms with Gasteiger partial charge in [-0.15, -0.1) is 11.3 Å². The van der Waals surface area contributed by atoms with Crippen molar-refractivity contribution in [2.24, 2.45) is 0 Å². The summed E-state index contributed by atoms with van der Waals surface area (Å²) in [6, 6.07) is 8.19. The standard InChI is InChI=1S/C17H17ClN4S/c18-13-6-4-11(5-7-13)17-20-10-14(23-17)9-19-15-3-1-2-12-8-21-22-16(12)15/h4-8,10,15,19H,1-3,9H2,(H,21,22). The number of benzene rings is 1. The van der Waals surface area contributed by atoms with Crippen LogP contribution in [0.15, 0.2) is 36.7 Å². The van der Waals surface area contributed by atoms with Gasteiger partial charge in [0.1, 0.15) is 5.01 Å². The number of hydrogen-bond donors (Lipinski definition) is 2. The van der Waals surface area contributed by atoms with Gasteiger partial charge in [0.15, 0.2) is 0 Å². The summed E-state index contributed by atoms with van der Waals surface area (Å²) >= 11 is 7.66. The number of aromatic amines is 1. The number of halogens is 1. The summed E-state index contributed by atoms with van der Waals surface area (Å²) in [7, 11) is 0. The monoisotopic (exact) mass is 344 g/mol. The predicted molar refractivity (Wildman–Crippen MR) is 93.7 cm³/mol. The van der Waals surface area contributed by atoms with Crippen molar-refractivity contribution in [2.45, 2.75) is 31.8 Å². The molecule has 0 saturated heterocycles. The number of rotatable bonds is 4. The fourth-order valence-corrected chi connectivity index (χ4v) is 4.00. The average Bonchev–Trinajstić information content (AvgIpc) is 3.23. The van der Waals surface area contributed by atoms with Crippen molar-refractivity contribution in [3.05, 3.63) is 57.8 Å². The number of aryl methyl sites for hydroxylation is 1. The highest BCUT2D eigenvalue weighted by molar-refractivity contribution is 7.15. The van der Waals surface area contributed by atoms with Gasteiger partial charge in [-0.1, -0.05) is 23.7 Å². The summed E-state index contributed by atoms with van der Waals surface area (Å²) in [5, 5.41) is 12.7. The smallest absolute Gasteiger partial charge is 0.123 e. The molecule has 0 aliphatic heterocycles. The van der Waals surface area contributed by atoms with Crippen molar-refractivity contribution in [3.63, 3.8) is 0 Å². The van der Waals surface area contributed by atoms with E-state index in [0.29, 0.717) is 6.04 Å². The highest BCUT2D eigenvalue weighted by Gasteiger charge is 2.21. The molecule has 0 amide bonds. The molecular formula is C17H17ClN4S. The molecule has 0 radical (unpaired) electrons. The van der Waals surface area contributed by atoms with Gasteiger partial charge in [-0.05, 0) is 37.0 Å². The lowest BCUT2D eigenvalue weighted by atomic mass is 9.94. The molecule has 1 unspecified atom stereocenters. The Morgan fingerprint density at radius 2 is 2.13 bits per heavy atom. The van der Waals surface area contributed by atoms with Crippen molar-refractivity contribution in [1.29, 1.82) is 0 Å². The molecule has 1 aliphatic carbocycles. The third kappa shape index (κ3) is 3.17. The van der Waals surface area contributed by atoms with E-state index in [2.05, 4.69) is 20.5 Å². The fourth-order valence-electron chi connectivity index (χ4n) is 3.01. The lowest BCUT2D eigenvalue weighted by Gasteiger charge is -2.22. The van der Waals surface area contributed by atoms with Crippen molar-refractivity contribution in [3.8, 4) is 10.6 Å². The quantitative estimate of drug-likeness (QED) is 0.739. The normalized spacial score (nSPS) is 17.2. The molecule has 0 fully saturated rings. The molecule has 2 heterocycles. The van der Waals surface area contributed by atoms with Crippen molar-refractivity contribution in [1.82, 2.24) is 20.5 Å². The van der Waals surface area contributed by atoms with Crippen LogP contribution in [0.3, 0.4) is 0 Å². The minimum atomic E-state index is 0.363. The lowest BCUT2D eigenvalue weighted by molar-refractivity contribution is 0.451. The van der Waals surface area contributed by atoms with Crippen LogP contribution in [0, 0.1) is 0 Å². The Morgan fingerprint density at radius 1 is 1.26 bits per heavy atom. The first-order valence-electron chi connectivity index (χ1n) is 7.76. The van der Waals surface area contributed by atoms with Crippen LogP contribution in [0.5, 0.6) is 0 Å². The molecular weight excluding hydrogens is 328 g/mol. The van der Waals surface area contributed by atoms with E-state index >= 15 is 0 Å².